The second-order valence-corrected chi connectivity index (χ2v) is 6.13. The molecule has 0 saturated carbocycles. The minimum Gasteiger partial charge on any atom is -0.508 e. The molecule has 0 aliphatic carbocycles. The van der Waals surface area contributed by atoms with Crippen molar-refractivity contribution in [3.63, 3.8) is 0 Å². The number of aromatic hydroxyl groups is 3. The minimum atomic E-state index is -0.596. The lowest BCUT2D eigenvalue weighted by molar-refractivity contribution is 0.0819. The average Bonchev–Trinajstić information content (AvgIpc) is 2.61. The van der Waals surface area contributed by atoms with Gasteiger partial charge in [-0.3, -0.25) is 4.79 Å². The van der Waals surface area contributed by atoms with E-state index in [-0.39, 0.29) is 53.1 Å². The average molecular weight is 360 g/mol. The van der Waals surface area contributed by atoms with Gasteiger partial charge in [0, 0.05) is 11.6 Å². The molecule has 0 aromatic heterocycles. The summed E-state index contributed by atoms with van der Waals surface area (Å²) >= 11 is 0. The van der Waals surface area contributed by atoms with Gasteiger partial charge in [-0.05, 0) is 25.0 Å². The number of phenolic OH excluding ortho intramolecular Hbond substituents is 3. The van der Waals surface area contributed by atoms with Gasteiger partial charge in [0.25, 0.3) is 0 Å². The van der Waals surface area contributed by atoms with Crippen LogP contribution in [0.5, 0.6) is 34.5 Å². The molecule has 0 fully saturated rings. The van der Waals surface area contributed by atoms with Gasteiger partial charge in [-0.25, -0.2) is 0 Å². The topological polar surface area (TPSA) is 105 Å². The van der Waals surface area contributed by atoms with Crippen LogP contribution in [0.25, 0.3) is 0 Å². The first kappa shape index (κ1) is 17.7. The Hall–Kier alpha value is -3.09. The van der Waals surface area contributed by atoms with E-state index in [0.717, 1.165) is 0 Å². The highest BCUT2D eigenvalue weighted by molar-refractivity contribution is 6.05. The van der Waals surface area contributed by atoms with Crippen molar-refractivity contribution in [1.82, 2.24) is 0 Å². The number of ether oxygens (including phenoxy) is 3. The molecule has 1 atom stereocenters. The van der Waals surface area contributed by atoms with E-state index in [1.165, 1.54) is 26.4 Å². The SMILES string of the molecule is COc1c(C)c(O)c2c(c1OC)OC[C@H](Cc1ccc(O)cc1O)C2=O. The third-order valence-corrected chi connectivity index (χ3v) is 4.56. The van der Waals surface area contributed by atoms with Crippen molar-refractivity contribution in [2.75, 3.05) is 20.8 Å². The molecule has 26 heavy (non-hydrogen) atoms. The Kier molecular flexibility index (Phi) is 4.54. The van der Waals surface area contributed by atoms with Crippen molar-refractivity contribution < 1.29 is 34.3 Å². The Balaban J connectivity index is 2.01. The molecule has 2 aromatic rings. The molecule has 3 rings (SSSR count). The Morgan fingerprint density at radius 1 is 1.15 bits per heavy atom. The smallest absolute Gasteiger partial charge is 0.204 e. The molecule has 1 heterocycles. The molecule has 1 aliphatic heterocycles. The Morgan fingerprint density at radius 2 is 1.85 bits per heavy atom. The zero-order valence-electron chi connectivity index (χ0n) is 14.7. The van der Waals surface area contributed by atoms with Crippen molar-refractivity contribution >= 4 is 5.78 Å². The quantitative estimate of drug-likeness (QED) is 0.769. The van der Waals surface area contributed by atoms with Gasteiger partial charge in [-0.1, -0.05) is 6.07 Å². The maximum atomic E-state index is 13.0. The standard InChI is InChI=1S/C19H20O7/c1-9-15(22)14-16(23)11(6-10-4-5-12(20)7-13(10)21)8-26-18(14)19(25-3)17(9)24-2/h4-5,7,11,20-22H,6,8H2,1-3H3/t11-/m0/s1. The second-order valence-electron chi connectivity index (χ2n) is 6.13. The summed E-state index contributed by atoms with van der Waals surface area (Å²) in [5.74, 6) is -0.542. The lowest BCUT2D eigenvalue weighted by Gasteiger charge is -2.28. The van der Waals surface area contributed by atoms with Crippen LogP contribution in [-0.4, -0.2) is 41.9 Å². The van der Waals surface area contributed by atoms with Crippen LogP contribution in [0.1, 0.15) is 21.5 Å². The normalized spacial score (nSPS) is 16.0. The molecule has 0 unspecified atom stereocenters. The van der Waals surface area contributed by atoms with Crippen molar-refractivity contribution in [2.24, 2.45) is 5.92 Å². The third kappa shape index (κ3) is 2.75. The number of methoxy groups -OCH3 is 2. The summed E-state index contributed by atoms with van der Waals surface area (Å²) in [5.41, 5.74) is 0.938. The monoisotopic (exact) mass is 360 g/mol. The lowest BCUT2D eigenvalue weighted by Crippen LogP contribution is -2.30. The molecule has 7 nitrogen and oxygen atoms in total. The van der Waals surface area contributed by atoms with E-state index in [1.54, 1.807) is 13.0 Å². The number of hydrogen-bond acceptors (Lipinski definition) is 7. The summed E-state index contributed by atoms with van der Waals surface area (Å²) in [5, 5.41) is 29.8. The highest BCUT2D eigenvalue weighted by atomic mass is 16.5. The number of hydrogen-bond donors (Lipinski definition) is 3. The summed E-state index contributed by atoms with van der Waals surface area (Å²) < 4.78 is 16.3. The van der Waals surface area contributed by atoms with E-state index < -0.39 is 5.92 Å². The fraction of sp³-hybridized carbons (Fsp3) is 0.316. The summed E-state index contributed by atoms with van der Waals surface area (Å²) in [6.07, 6.45) is 0.206. The summed E-state index contributed by atoms with van der Waals surface area (Å²) in [6, 6.07) is 4.20. The van der Waals surface area contributed by atoms with Crippen LogP contribution in [0.4, 0.5) is 0 Å². The first-order chi connectivity index (χ1) is 12.4. The Morgan fingerprint density at radius 3 is 2.46 bits per heavy atom. The molecular weight excluding hydrogens is 340 g/mol. The molecule has 0 amide bonds. The number of benzene rings is 2. The summed E-state index contributed by atoms with van der Waals surface area (Å²) in [6.45, 7) is 1.69. The van der Waals surface area contributed by atoms with Crippen LogP contribution in [0.15, 0.2) is 18.2 Å². The zero-order valence-corrected chi connectivity index (χ0v) is 14.7. The van der Waals surface area contributed by atoms with Crippen LogP contribution >= 0.6 is 0 Å². The molecular formula is C19H20O7. The number of ketones is 1. The van der Waals surface area contributed by atoms with E-state index in [4.69, 9.17) is 14.2 Å². The predicted molar refractivity (Wildman–Crippen MR) is 92.7 cm³/mol. The number of carbonyl (C=O) groups is 1. The van der Waals surface area contributed by atoms with Crippen molar-refractivity contribution in [1.29, 1.82) is 0 Å². The van der Waals surface area contributed by atoms with Gasteiger partial charge in [-0.15, -0.1) is 0 Å². The molecule has 0 radical (unpaired) electrons. The maximum absolute atomic E-state index is 13.0. The Bertz CT molecular complexity index is 873. The van der Waals surface area contributed by atoms with E-state index in [9.17, 15) is 20.1 Å². The molecule has 0 saturated heterocycles. The van der Waals surface area contributed by atoms with Gasteiger partial charge in [0.15, 0.2) is 17.3 Å². The number of Topliss-reactive ketones (excluding diaryl/α,β-unsaturated/α-hetero) is 1. The van der Waals surface area contributed by atoms with Gasteiger partial charge >= 0.3 is 0 Å². The van der Waals surface area contributed by atoms with E-state index >= 15 is 0 Å². The van der Waals surface area contributed by atoms with E-state index in [2.05, 4.69) is 0 Å². The Labute approximate surface area is 150 Å². The van der Waals surface area contributed by atoms with Crippen molar-refractivity contribution in [2.45, 2.75) is 13.3 Å². The van der Waals surface area contributed by atoms with Crippen LogP contribution in [0.3, 0.4) is 0 Å². The zero-order chi connectivity index (χ0) is 19.0. The highest BCUT2D eigenvalue weighted by Gasteiger charge is 2.37. The summed E-state index contributed by atoms with van der Waals surface area (Å²) in [7, 11) is 2.88. The first-order valence-corrected chi connectivity index (χ1v) is 8.04. The van der Waals surface area contributed by atoms with Gasteiger partial charge in [0.1, 0.15) is 22.8 Å². The van der Waals surface area contributed by atoms with E-state index in [1.807, 2.05) is 0 Å². The molecule has 138 valence electrons. The molecule has 0 bridgehead atoms. The highest BCUT2D eigenvalue weighted by Crippen LogP contribution is 2.50. The fourth-order valence-corrected chi connectivity index (χ4v) is 3.19. The maximum Gasteiger partial charge on any atom is 0.204 e. The third-order valence-electron chi connectivity index (χ3n) is 4.56. The van der Waals surface area contributed by atoms with E-state index in [0.29, 0.717) is 16.9 Å². The predicted octanol–water partition coefficient (Wildman–Crippen LogP) is 2.56. The number of carbonyl (C=O) groups excluding carboxylic acids is 1. The lowest BCUT2D eigenvalue weighted by atomic mass is 9.87. The van der Waals surface area contributed by atoms with Crippen LogP contribution in [0, 0.1) is 12.8 Å². The fourth-order valence-electron chi connectivity index (χ4n) is 3.19. The van der Waals surface area contributed by atoms with Crippen molar-refractivity contribution in [3.05, 3.63) is 34.9 Å². The largest absolute Gasteiger partial charge is 0.508 e. The van der Waals surface area contributed by atoms with Gasteiger partial charge in [0.05, 0.1) is 26.7 Å². The van der Waals surface area contributed by atoms with Crippen molar-refractivity contribution in [3.8, 4) is 34.5 Å². The molecule has 7 heteroatoms. The van der Waals surface area contributed by atoms with Crippen LogP contribution in [-0.2, 0) is 6.42 Å². The molecule has 0 spiro atoms. The van der Waals surface area contributed by atoms with Gasteiger partial charge in [0.2, 0.25) is 5.75 Å². The molecule has 1 aliphatic rings. The first-order valence-electron chi connectivity index (χ1n) is 8.04. The minimum absolute atomic E-state index is 0.0506. The molecule has 3 N–H and O–H groups in total. The number of rotatable bonds is 4. The van der Waals surface area contributed by atoms with Gasteiger partial charge in [-0.2, -0.15) is 0 Å². The van der Waals surface area contributed by atoms with Gasteiger partial charge < -0.3 is 29.5 Å². The number of fused-ring (bicyclic) bond motifs is 1. The van der Waals surface area contributed by atoms with Crippen LogP contribution in [0.2, 0.25) is 0 Å². The second kappa shape index (κ2) is 6.67. The van der Waals surface area contributed by atoms with Crippen LogP contribution < -0.4 is 14.2 Å². The number of phenols is 3. The molecule has 2 aromatic carbocycles. The summed E-state index contributed by atoms with van der Waals surface area (Å²) in [4.78, 5) is 13.0.